The average Bonchev–Trinajstić information content (AvgIpc) is 2.62. The van der Waals surface area contributed by atoms with E-state index in [0.29, 0.717) is 5.69 Å². The topological polar surface area (TPSA) is 85.1 Å². The van der Waals surface area contributed by atoms with Crippen molar-refractivity contribution in [2.75, 3.05) is 5.32 Å². The highest BCUT2D eigenvalue weighted by Crippen LogP contribution is 2.27. The Morgan fingerprint density at radius 2 is 1.96 bits per heavy atom. The molecule has 0 spiro atoms. The molecule has 132 valence electrons. The van der Waals surface area contributed by atoms with E-state index < -0.39 is 10.2 Å². The predicted molar refractivity (Wildman–Crippen MR) is 104 cm³/mol. The van der Waals surface area contributed by atoms with Crippen LogP contribution in [0.3, 0.4) is 0 Å². The number of hydrogen-bond donors (Lipinski definition) is 1. The minimum atomic E-state index is -0.490. The Bertz CT molecular complexity index is 991. The number of amides is 1. The number of carbonyl (C=O) groups is 1. The van der Waals surface area contributed by atoms with E-state index in [1.165, 1.54) is 23.9 Å². The third kappa shape index (κ3) is 4.00. The highest BCUT2D eigenvalue weighted by atomic mass is 32.2. The first kappa shape index (κ1) is 17.9. The van der Waals surface area contributed by atoms with E-state index in [1.807, 2.05) is 37.3 Å². The average molecular weight is 367 g/mol. The first-order chi connectivity index (χ1) is 12.4. The Morgan fingerprint density at radius 3 is 2.73 bits per heavy atom. The molecule has 26 heavy (non-hydrogen) atoms. The van der Waals surface area contributed by atoms with Gasteiger partial charge in [-0.2, -0.15) is 0 Å². The number of fused-ring (bicyclic) bond motifs is 1. The number of nitro groups is 1. The van der Waals surface area contributed by atoms with Gasteiger partial charge in [-0.25, -0.2) is 4.98 Å². The van der Waals surface area contributed by atoms with Gasteiger partial charge in [-0.15, -0.1) is 0 Å². The second kappa shape index (κ2) is 7.53. The maximum atomic E-state index is 12.4. The lowest BCUT2D eigenvalue weighted by Crippen LogP contribution is -2.22. The molecule has 0 fully saturated rings. The van der Waals surface area contributed by atoms with Crippen molar-refractivity contribution in [2.24, 2.45) is 0 Å². The third-order valence-electron chi connectivity index (χ3n) is 3.89. The normalized spacial score (nSPS) is 11.9. The second-order valence-electron chi connectivity index (χ2n) is 5.85. The summed E-state index contributed by atoms with van der Waals surface area (Å²) in [4.78, 5) is 27.4. The van der Waals surface area contributed by atoms with Gasteiger partial charge in [-0.05, 0) is 37.6 Å². The summed E-state index contributed by atoms with van der Waals surface area (Å²) in [5, 5.41) is 15.0. The van der Waals surface area contributed by atoms with E-state index in [0.717, 1.165) is 21.5 Å². The van der Waals surface area contributed by atoms with Crippen molar-refractivity contribution in [3.63, 3.8) is 0 Å². The molecule has 0 bridgehead atoms. The summed E-state index contributed by atoms with van der Waals surface area (Å²) in [5.74, 6) is -0.233. The fraction of sp³-hybridized carbons (Fsp3) is 0.158. The molecule has 2 aromatic carbocycles. The van der Waals surface area contributed by atoms with Crippen molar-refractivity contribution in [1.29, 1.82) is 0 Å². The molecular weight excluding hydrogens is 350 g/mol. The van der Waals surface area contributed by atoms with E-state index in [1.54, 1.807) is 19.1 Å². The highest BCUT2D eigenvalue weighted by molar-refractivity contribution is 8.00. The zero-order valence-electron chi connectivity index (χ0n) is 14.3. The Hall–Kier alpha value is -2.93. The standard InChI is InChI=1S/C19H17N3O3S/c1-12-10-18(21-17-9-4-3-8-16(12)17)26-13(2)19(23)20-14-6-5-7-15(11-14)22(24)25/h3-11,13H,1-2H3,(H,20,23). The Kier molecular flexibility index (Phi) is 5.18. The molecule has 1 N–H and O–H groups in total. The number of aryl methyl sites for hydroxylation is 1. The van der Waals surface area contributed by atoms with Crippen LogP contribution in [0.25, 0.3) is 10.9 Å². The van der Waals surface area contributed by atoms with E-state index in [4.69, 9.17) is 0 Å². The van der Waals surface area contributed by atoms with Crippen LogP contribution in [0.5, 0.6) is 0 Å². The van der Waals surface area contributed by atoms with Crippen LogP contribution >= 0.6 is 11.8 Å². The minimum Gasteiger partial charge on any atom is -0.325 e. The van der Waals surface area contributed by atoms with Gasteiger partial charge in [-0.1, -0.05) is 36.0 Å². The number of non-ortho nitro benzene ring substituents is 1. The van der Waals surface area contributed by atoms with Crippen molar-refractivity contribution in [3.8, 4) is 0 Å². The maximum Gasteiger partial charge on any atom is 0.271 e. The molecule has 0 aliphatic heterocycles. The van der Waals surface area contributed by atoms with Crippen LogP contribution in [-0.4, -0.2) is 21.1 Å². The van der Waals surface area contributed by atoms with Crippen molar-refractivity contribution < 1.29 is 9.72 Å². The minimum absolute atomic E-state index is 0.0603. The molecule has 3 rings (SSSR count). The Balaban J connectivity index is 1.73. The molecular formula is C19H17N3O3S. The number of hydrogen-bond acceptors (Lipinski definition) is 5. The molecule has 0 aliphatic rings. The molecule has 6 nitrogen and oxygen atoms in total. The van der Waals surface area contributed by atoms with Crippen LogP contribution in [0.2, 0.25) is 0 Å². The number of aromatic nitrogens is 1. The van der Waals surface area contributed by atoms with Gasteiger partial charge in [0.25, 0.3) is 5.69 Å². The van der Waals surface area contributed by atoms with Gasteiger partial charge in [-0.3, -0.25) is 14.9 Å². The van der Waals surface area contributed by atoms with E-state index in [9.17, 15) is 14.9 Å². The van der Waals surface area contributed by atoms with Crippen molar-refractivity contribution in [2.45, 2.75) is 24.1 Å². The quantitative estimate of drug-likeness (QED) is 0.405. The van der Waals surface area contributed by atoms with Gasteiger partial charge in [0.05, 0.1) is 20.7 Å². The summed E-state index contributed by atoms with van der Waals surface area (Å²) < 4.78 is 0. The van der Waals surface area contributed by atoms with Crippen LogP contribution < -0.4 is 5.32 Å². The first-order valence-electron chi connectivity index (χ1n) is 8.02. The number of nitrogens with one attached hydrogen (secondary N) is 1. The fourth-order valence-electron chi connectivity index (χ4n) is 2.55. The molecule has 7 heteroatoms. The maximum absolute atomic E-state index is 12.4. The van der Waals surface area contributed by atoms with Gasteiger partial charge < -0.3 is 5.32 Å². The smallest absolute Gasteiger partial charge is 0.271 e. The predicted octanol–water partition coefficient (Wildman–Crippen LogP) is 4.57. The molecule has 0 saturated carbocycles. The number of para-hydroxylation sites is 1. The lowest BCUT2D eigenvalue weighted by Gasteiger charge is -2.12. The number of nitrogens with zero attached hydrogens (tertiary/aromatic N) is 2. The molecule has 0 aliphatic carbocycles. The summed E-state index contributed by atoms with van der Waals surface area (Å²) in [6, 6.07) is 15.7. The van der Waals surface area contributed by atoms with Crippen LogP contribution in [0.4, 0.5) is 11.4 Å². The van der Waals surface area contributed by atoms with E-state index >= 15 is 0 Å². The molecule has 3 aromatic rings. The van der Waals surface area contributed by atoms with Crippen LogP contribution in [-0.2, 0) is 4.79 Å². The van der Waals surface area contributed by atoms with Crippen molar-refractivity contribution in [3.05, 3.63) is 70.3 Å². The van der Waals surface area contributed by atoms with Crippen molar-refractivity contribution in [1.82, 2.24) is 4.98 Å². The molecule has 1 unspecified atom stereocenters. The van der Waals surface area contributed by atoms with Gasteiger partial charge in [0.2, 0.25) is 5.91 Å². The molecule has 0 radical (unpaired) electrons. The Labute approximate surface area is 154 Å². The molecule has 1 amide bonds. The number of thioether (sulfide) groups is 1. The SMILES string of the molecule is Cc1cc(SC(C)C(=O)Nc2cccc([N+](=O)[O-])c2)nc2ccccc12. The lowest BCUT2D eigenvalue weighted by atomic mass is 10.1. The van der Waals surface area contributed by atoms with Crippen LogP contribution in [0.15, 0.2) is 59.6 Å². The zero-order valence-corrected chi connectivity index (χ0v) is 15.1. The molecule has 1 aromatic heterocycles. The fourth-order valence-corrected chi connectivity index (χ4v) is 3.48. The van der Waals surface area contributed by atoms with Crippen LogP contribution in [0.1, 0.15) is 12.5 Å². The summed E-state index contributed by atoms with van der Waals surface area (Å²) in [5.41, 5.74) is 2.33. The number of carbonyl (C=O) groups excluding carboxylic acids is 1. The number of pyridine rings is 1. The van der Waals surface area contributed by atoms with E-state index in [2.05, 4.69) is 10.3 Å². The van der Waals surface area contributed by atoms with Crippen LogP contribution in [0, 0.1) is 17.0 Å². The number of rotatable bonds is 5. The van der Waals surface area contributed by atoms with Crippen molar-refractivity contribution >= 4 is 39.9 Å². The summed E-state index contributed by atoms with van der Waals surface area (Å²) in [6.45, 7) is 3.80. The summed E-state index contributed by atoms with van der Waals surface area (Å²) in [6.07, 6.45) is 0. The lowest BCUT2D eigenvalue weighted by molar-refractivity contribution is -0.384. The molecule has 1 atom stereocenters. The monoisotopic (exact) mass is 367 g/mol. The van der Waals surface area contributed by atoms with Gasteiger partial charge in [0.1, 0.15) is 0 Å². The third-order valence-corrected chi connectivity index (χ3v) is 4.91. The summed E-state index contributed by atoms with van der Waals surface area (Å²) in [7, 11) is 0. The first-order valence-corrected chi connectivity index (χ1v) is 8.90. The second-order valence-corrected chi connectivity index (χ2v) is 7.21. The number of anilines is 1. The zero-order chi connectivity index (χ0) is 18.7. The number of nitro benzene ring substituents is 1. The Morgan fingerprint density at radius 1 is 1.19 bits per heavy atom. The molecule has 1 heterocycles. The number of benzene rings is 2. The largest absolute Gasteiger partial charge is 0.325 e. The highest BCUT2D eigenvalue weighted by Gasteiger charge is 2.17. The van der Waals surface area contributed by atoms with Gasteiger partial charge in [0, 0.05) is 23.2 Å². The van der Waals surface area contributed by atoms with Gasteiger partial charge in [0.15, 0.2) is 0 Å². The molecule has 0 saturated heterocycles. The van der Waals surface area contributed by atoms with E-state index in [-0.39, 0.29) is 11.6 Å². The van der Waals surface area contributed by atoms with Gasteiger partial charge >= 0.3 is 0 Å². The summed E-state index contributed by atoms with van der Waals surface area (Å²) >= 11 is 1.35.